The molecule has 1 unspecified atom stereocenters. The third kappa shape index (κ3) is 4.17. The molecule has 6 nitrogen and oxygen atoms in total. The van der Waals surface area contributed by atoms with Gasteiger partial charge in [-0.3, -0.25) is 9.59 Å². The Bertz CT molecular complexity index is 1020. The SMILES string of the molecule is CCOc1ccc(N(C(=O)CCCl)C(C)c2nc3ccccc3c(=O)[nH]2)cc1. The van der Waals surface area contributed by atoms with Crippen LogP contribution < -0.4 is 15.2 Å². The number of fused-ring (bicyclic) bond motifs is 1. The number of para-hydroxylation sites is 1. The van der Waals surface area contributed by atoms with Crippen LogP contribution in [0.15, 0.2) is 53.3 Å². The number of rotatable bonds is 7. The lowest BCUT2D eigenvalue weighted by Gasteiger charge is -2.29. The van der Waals surface area contributed by atoms with Crippen molar-refractivity contribution in [3.05, 3.63) is 64.7 Å². The molecular formula is C21H22ClN3O3. The second-order valence-corrected chi connectivity index (χ2v) is 6.65. The number of ether oxygens (including phenoxy) is 1. The Morgan fingerprint density at radius 1 is 1.21 bits per heavy atom. The van der Waals surface area contributed by atoms with Crippen molar-refractivity contribution >= 4 is 34.1 Å². The summed E-state index contributed by atoms with van der Waals surface area (Å²) >= 11 is 5.81. The van der Waals surface area contributed by atoms with Crippen molar-refractivity contribution in [2.75, 3.05) is 17.4 Å². The van der Waals surface area contributed by atoms with Crippen LogP contribution >= 0.6 is 11.6 Å². The molecule has 0 fully saturated rings. The maximum Gasteiger partial charge on any atom is 0.258 e. The number of H-pyrrole nitrogens is 1. The maximum atomic E-state index is 12.8. The minimum Gasteiger partial charge on any atom is -0.494 e. The van der Waals surface area contributed by atoms with Crippen LogP contribution in [0.3, 0.4) is 0 Å². The number of amides is 1. The molecule has 0 spiro atoms. The highest BCUT2D eigenvalue weighted by Gasteiger charge is 2.25. The van der Waals surface area contributed by atoms with Crippen LogP contribution in [0.1, 0.15) is 32.1 Å². The molecule has 7 heteroatoms. The average Bonchev–Trinajstić information content (AvgIpc) is 2.70. The normalized spacial score (nSPS) is 12.0. The Morgan fingerprint density at radius 3 is 2.61 bits per heavy atom. The van der Waals surface area contributed by atoms with Crippen molar-refractivity contribution < 1.29 is 9.53 Å². The molecule has 1 heterocycles. The number of halogens is 1. The van der Waals surface area contributed by atoms with E-state index in [1.807, 2.05) is 44.2 Å². The highest BCUT2D eigenvalue weighted by atomic mass is 35.5. The number of carbonyl (C=O) groups is 1. The monoisotopic (exact) mass is 399 g/mol. The Labute approximate surface area is 168 Å². The molecule has 1 amide bonds. The Hall–Kier alpha value is -2.86. The first-order valence-corrected chi connectivity index (χ1v) is 9.68. The van der Waals surface area contributed by atoms with Crippen LogP contribution in [0, 0.1) is 0 Å². The summed E-state index contributed by atoms with van der Waals surface area (Å²) in [5, 5.41) is 0.512. The summed E-state index contributed by atoms with van der Waals surface area (Å²) in [6, 6.07) is 13.9. The van der Waals surface area contributed by atoms with Crippen LogP contribution in [-0.4, -0.2) is 28.4 Å². The molecule has 0 saturated heterocycles. The number of aromatic nitrogens is 2. The van der Waals surface area contributed by atoms with Crippen molar-refractivity contribution in [1.29, 1.82) is 0 Å². The molecule has 0 radical (unpaired) electrons. The molecule has 3 aromatic rings. The number of alkyl halides is 1. The fourth-order valence-corrected chi connectivity index (χ4v) is 3.24. The van der Waals surface area contributed by atoms with E-state index in [0.717, 1.165) is 5.75 Å². The number of carbonyl (C=O) groups excluding carboxylic acids is 1. The first-order valence-electron chi connectivity index (χ1n) is 9.15. The predicted octanol–water partition coefficient (Wildman–Crippen LogP) is 4.04. The highest BCUT2D eigenvalue weighted by Crippen LogP contribution is 2.28. The van der Waals surface area contributed by atoms with Gasteiger partial charge < -0.3 is 14.6 Å². The minimum absolute atomic E-state index is 0.150. The van der Waals surface area contributed by atoms with Crippen LogP contribution in [-0.2, 0) is 4.79 Å². The van der Waals surface area contributed by atoms with Crippen molar-refractivity contribution in [2.45, 2.75) is 26.3 Å². The van der Waals surface area contributed by atoms with Crippen LogP contribution in [0.2, 0.25) is 0 Å². The van der Waals surface area contributed by atoms with E-state index in [2.05, 4.69) is 9.97 Å². The number of benzene rings is 2. The topological polar surface area (TPSA) is 75.3 Å². The summed E-state index contributed by atoms with van der Waals surface area (Å²) in [5.41, 5.74) is 1.04. The second-order valence-electron chi connectivity index (χ2n) is 6.27. The molecule has 28 heavy (non-hydrogen) atoms. The van der Waals surface area contributed by atoms with E-state index >= 15 is 0 Å². The molecule has 3 rings (SSSR count). The highest BCUT2D eigenvalue weighted by molar-refractivity contribution is 6.19. The third-order valence-corrected chi connectivity index (χ3v) is 4.61. The van der Waals surface area contributed by atoms with E-state index in [1.165, 1.54) is 0 Å². The van der Waals surface area contributed by atoms with E-state index in [9.17, 15) is 9.59 Å². The Kier molecular flexibility index (Phi) is 6.31. The summed E-state index contributed by atoms with van der Waals surface area (Å²) in [7, 11) is 0. The predicted molar refractivity (Wildman–Crippen MR) is 111 cm³/mol. The zero-order valence-corrected chi connectivity index (χ0v) is 16.6. The molecule has 1 N–H and O–H groups in total. The van der Waals surface area contributed by atoms with Gasteiger partial charge in [0.1, 0.15) is 11.6 Å². The summed E-state index contributed by atoms with van der Waals surface area (Å²) in [6.07, 6.45) is 0.178. The van der Waals surface area contributed by atoms with Gasteiger partial charge in [0.15, 0.2) is 0 Å². The zero-order valence-electron chi connectivity index (χ0n) is 15.8. The second kappa shape index (κ2) is 8.89. The van der Waals surface area contributed by atoms with Crippen molar-refractivity contribution in [3.8, 4) is 5.75 Å². The Balaban J connectivity index is 2.02. The van der Waals surface area contributed by atoms with Gasteiger partial charge in [-0.05, 0) is 50.2 Å². The van der Waals surface area contributed by atoms with Crippen molar-refractivity contribution in [3.63, 3.8) is 0 Å². The fourth-order valence-electron chi connectivity index (χ4n) is 3.08. The van der Waals surface area contributed by atoms with Crippen LogP contribution in [0.4, 0.5) is 5.69 Å². The van der Waals surface area contributed by atoms with E-state index < -0.39 is 6.04 Å². The number of hydrogen-bond acceptors (Lipinski definition) is 4. The molecule has 0 saturated carbocycles. The van der Waals surface area contributed by atoms with Crippen LogP contribution in [0.25, 0.3) is 10.9 Å². The van der Waals surface area contributed by atoms with E-state index in [4.69, 9.17) is 16.3 Å². The number of anilines is 1. The molecule has 1 atom stereocenters. The lowest BCUT2D eigenvalue weighted by molar-refractivity contribution is -0.118. The van der Waals surface area contributed by atoms with Gasteiger partial charge in [-0.15, -0.1) is 11.6 Å². The molecule has 0 aliphatic heterocycles. The van der Waals surface area contributed by atoms with Gasteiger partial charge in [0.2, 0.25) is 5.91 Å². The van der Waals surface area contributed by atoms with Crippen molar-refractivity contribution in [1.82, 2.24) is 9.97 Å². The molecule has 146 valence electrons. The molecular weight excluding hydrogens is 378 g/mol. The first kappa shape index (κ1) is 19.9. The number of aromatic amines is 1. The summed E-state index contributed by atoms with van der Waals surface area (Å²) in [4.78, 5) is 34.2. The molecule has 0 aliphatic carbocycles. The lowest BCUT2D eigenvalue weighted by atomic mass is 10.1. The molecule has 0 bridgehead atoms. The minimum atomic E-state index is -0.481. The smallest absolute Gasteiger partial charge is 0.258 e. The van der Waals surface area contributed by atoms with E-state index in [1.54, 1.807) is 23.1 Å². The largest absolute Gasteiger partial charge is 0.494 e. The van der Waals surface area contributed by atoms with Gasteiger partial charge in [0, 0.05) is 18.0 Å². The quantitative estimate of drug-likeness (QED) is 0.608. The van der Waals surface area contributed by atoms with E-state index in [-0.39, 0.29) is 23.8 Å². The fraction of sp³-hybridized carbons (Fsp3) is 0.286. The van der Waals surface area contributed by atoms with Gasteiger partial charge in [-0.2, -0.15) is 0 Å². The van der Waals surface area contributed by atoms with Crippen molar-refractivity contribution in [2.24, 2.45) is 0 Å². The number of nitrogens with zero attached hydrogens (tertiary/aromatic N) is 2. The van der Waals surface area contributed by atoms with Gasteiger partial charge in [0.25, 0.3) is 5.56 Å². The Morgan fingerprint density at radius 2 is 1.93 bits per heavy atom. The van der Waals surface area contributed by atoms with Gasteiger partial charge in [0.05, 0.1) is 23.6 Å². The molecule has 1 aromatic heterocycles. The standard InChI is InChI=1S/C21H22ClN3O3/c1-3-28-16-10-8-15(9-11-16)25(19(26)12-13-22)14(2)20-23-18-7-5-4-6-17(18)21(27)24-20/h4-11,14H,3,12-13H2,1-2H3,(H,23,24,27). The lowest BCUT2D eigenvalue weighted by Crippen LogP contribution is -2.35. The van der Waals surface area contributed by atoms with Gasteiger partial charge >= 0.3 is 0 Å². The summed E-state index contributed by atoms with van der Waals surface area (Å²) < 4.78 is 5.47. The maximum absolute atomic E-state index is 12.8. The zero-order chi connectivity index (χ0) is 20.1. The number of nitrogens with one attached hydrogen (secondary N) is 1. The number of hydrogen-bond donors (Lipinski definition) is 1. The summed E-state index contributed by atoms with van der Waals surface area (Å²) in [6.45, 7) is 4.30. The molecule has 2 aromatic carbocycles. The van der Waals surface area contributed by atoms with Crippen LogP contribution in [0.5, 0.6) is 5.75 Å². The van der Waals surface area contributed by atoms with Gasteiger partial charge in [-0.25, -0.2) is 4.98 Å². The molecule has 0 aliphatic rings. The van der Waals surface area contributed by atoms with Gasteiger partial charge in [-0.1, -0.05) is 12.1 Å². The summed E-state index contributed by atoms with van der Waals surface area (Å²) in [5.74, 6) is 1.20. The van der Waals surface area contributed by atoms with E-state index in [0.29, 0.717) is 29.0 Å². The average molecular weight is 400 g/mol. The first-order chi connectivity index (χ1) is 13.5. The third-order valence-electron chi connectivity index (χ3n) is 4.42.